The van der Waals surface area contributed by atoms with Gasteiger partial charge < -0.3 is 24.5 Å². The van der Waals surface area contributed by atoms with Gasteiger partial charge in [0.05, 0.1) is 17.9 Å². The van der Waals surface area contributed by atoms with E-state index in [0.29, 0.717) is 58.4 Å². The van der Waals surface area contributed by atoms with E-state index in [1.54, 1.807) is 26.9 Å². The summed E-state index contributed by atoms with van der Waals surface area (Å²) in [6.07, 6.45) is 7.28. The van der Waals surface area contributed by atoms with Crippen molar-refractivity contribution in [2.75, 3.05) is 26.2 Å². The zero-order valence-electron chi connectivity index (χ0n) is 25.6. The number of amides is 3. The minimum Gasteiger partial charge on any atom is -0.396 e. The van der Waals surface area contributed by atoms with Crippen LogP contribution in [-0.2, 0) is 32.2 Å². The maximum atomic E-state index is 14.6. The summed E-state index contributed by atoms with van der Waals surface area (Å²) in [4.78, 5) is 48.5. The molecule has 0 saturated carbocycles. The number of hydrogen-bond acceptors (Lipinski definition) is 5. The first-order chi connectivity index (χ1) is 21.4. The van der Waals surface area contributed by atoms with Crippen molar-refractivity contribution in [1.82, 2.24) is 14.7 Å². The second-order valence-electron chi connectivity index (χ2n) is 12.2. The van der Waals surface area contributed by atoms with Gasteiger partial charge in [-0.3, -0.25) is 14.4 Å². The van der Waals surface area contributed by atoms with Crippen molar-refractivity contribution >= 4 is 17.7 Å². The molecule has 5 rings (SSSR count). The quantitative estimate of drug-likeness (QED) is 0.229. The molecule has 3 aliphatic heterocycles. The van der Waals surface area contributed by atoms with Crippen LogP contribution < -0.4 is 0 Å². The molecule has 1 N–H and O–H groups in total. The Morgan fingerprint density at radius 1 is 0.886 bits per heavy atom. The predicted octanol–water partition coefficient (Wildman–Crippen LogP) is 4.34. The van der Waals surface area contributed by atoms with Gasteiger partial charge in [-0.2, -0.15) is 0 Å². The standard InChI is InChI=1S/C36H45N3O5/c1-3-21-37(25-27-15-9-7-10-16-27)33(41)30-29-19-20-36(44-29)31(30)34(42)39(23-13-5-6-14-24-40)32(36)35(43)38(22-4-2)26-28-17-11-8-12-18-28/h3-4,7-12,15-18,29-32,40H,1-2,5-6,13-14,19-26H2/t29-,30+,31+,32?,36?/m1/s1. The largest absolute Gasteiger partial charge is 0.396 e. The topological polar surface area (TPSA) is 90.4 Å². The van der Waals surface area contributed by atoms with Gasteiger partial charge in [0.25, 0.3) is 0 Å². The molecule has 0 radical (unpaired) electrons. The number of aliphatic hydroxyl groups is 1. The summed E-state index contributed by atoms with van der Waals surface area (Å²) >= 11 is 0. The highest BCUT2D eigenvalue weighted by molar-refractivity contribution is 5.99. The van der Waals surface area contributed by atoms with E-state index in [-0.39, 0.29) is 24.3 Å². The van der Waals surface area contributed by atoms with Crippen molar-refractivity contribution in [3.8, 4) is 0 Å². The van der Waals surface area contributed by atoms with Crippen molar-refractivity contribution in [2.45, 2.75) is 69.4 Å². The van der Waals surface area contributed by atoms with Gasteiger partial charge in [0.1, 0.15) is 11.6 Å². The molecule has 2 aromatic carbocycles. The zero-order chi connectivity index (χ0) is 31.1. The fraction of sp³-hybridized carbons (Fsp3) is 0.472. The third-order valence-corrected chi connectivity index (χ3v) is 9.38. The summed E-state index contributed by atoms with van der Waals surface area (Å²) in [6, 6.07) is 18.8. The molecule has 234 valence electrons. The number of carbonyl (C=O) groups excluding carboxylic acids is 3. The van der Waals surface area contributed by atoms with E-state index in [9.17, 15) is 19.5 Å². The molecule has 3 saturated heterocycles. The summed E-state index contributed by atoms with van der Waals surface area (Å²) < 4.78 is 6.71. The first-order valence-electron chi connectivity index (χ1n) is 15.9. The zero-order valence-corrected chi connectivity index (χ0v) is 25.6. The van der Waals surface area contributed by atoms with Gasteiger partial charge in [0.15, 0.2) is 0 Å². The van der Waals surface area contributed by atoms with Crippen LogP contribution in [0.4, 0.5) is 0 Å². The Morgan fingerprint density at radius 3 is 2.02 bits per heavy atom. The lowest BCUT2D eigenvalue weighted by atomic mass is 9.70. The number of benzene rings is 2. The van der Waals surface area contributed by atoms with E-state index >= 15 is 0 Å². The second-order valence-corrected chi connectivity index (χ2v) is 12.2. The van der Waals surface area contributed by atoms with Crippen LogP contribution in [-0.4, -0.2) is 81.5 Å². The van der Waals surface area contributed by atoms with Gasteiger partial charge in [0, 0.05) is 39.3 Å². The Bertz CT molecular complexity index is 1320. The Kier molecular flexibility index (Phi) is 10.3. The number of aliphatic hydroxyl groups excluding tert-OH is 1. The van der Waals surface area contributed by atoms with E-state index in [0.717, 1.165) is 24.0 Å². The number of rotatable bonds is 16. The number of unbranched alkanes of at least 4 members (excludes halogenated alkanes) is 3. The number of hydrogen-bond donors (Lipinski definition) is 1. The van der Waals surface area contributed by atoms with Gasteiger partial charge >= 0.3 is 0 Å². The predicted molar refractivity (Wildman–Crippen MR) is 169 cm³/mol. The minimum absolute atomic E-state index is 0.123. The molecular formula is C36H45N3O5. The van der Waals surface area contributed by atoms with Crippen LogP contribution in [0.1, 0.15) is 49.7 Å². The second kappa shape index (κ2) is 14.4. The van der Waals surface area contributed by atoms with Crippen LogP contribution in [0.15, 0.2) is 86.0 Å². The highest BCUT2D eigenvalue weighted by atomic mass is 16.5. The Morgan fingerprint density at radius 2 is 1.45 bits per heavy atom. The maximum absolute atomic E-state index is 14.6. The number of fused-ring (bicyclic) bond motifs is 1. The lowest BCUT2D eigenvalue weighted by Gasteiger charge is -2.37. The smallest absolute Gasteiger partial charge is 0.248 e. The monoisotopic (exact) mass is 599 g/mol. The third kappa shape index (κ3) is 6.24. The molecule has 8 nitrogen and oxygen atoms in total. The van der Waals surface area contributed by atoms with Crippen LogP contribution in [0.3, 0.4) is 0 Å². The number of carbonyl (C=O) groups is 3. The van der Waals surface area contributed by atoms with Gasteiger partial charge in [-0.25, -0.2) is 0 Å². The molecule has 3 aliphatic rings. The molecule has 3 amide bonds. The van der Waals surface area contributed by atoms with Gasteiger partial charge in [-0.15, -0.1) is 13.2 Å². The molecule has 2 unspecified atom stereocenters. The fourth-order valence-electron chi connectivity index (χ4n) is 7.47. The summed E-state index contributed by atoms with van der Waals surface area (Å²) in [6.45, 7) is 9.79. The van der Waals surface area contributed by atoms with E-state index in [1.165, 1.54) is 0 Å². The van der Waals surface area contributed by atoms with E-state index in [2.05, 4.69) is 13.2 Å². The van der Waals surface area contributed by atoms with Crippen molar-refractivity contribution in [2.24, 2.45) is 11.8 Å². The van der Waals surface area contributed by atoms with Crippen LogP contribution in [0.25, 0.3) is 0 Å². The van der Waals surface area contributed by atoms with E-state index in [4.69, 9.17) is 4.74 Å². The number of nitrogens with zero attached hydrogens (tertiary/aromatic N) is 3. The van der Waals surface area contributed by atoms with Crippen molar-refractivity contribution < 1.29 is 24.2 Å². The van der Waals surface area contributed by atoms with Gasteiger partial charge in [-0.05, 0) is 36.8 Å². The third-order valence-electron chi connectivity index (χ3n) is 9.38. The van der Waals surface area contributed by atoms with Crippen molar-refractivity contribution in [3.05, 3.63) is 97.1 Å². The first kappa shape index (κ1) is 31.7. The lowest BCUT2D eigenvalue weighted by Crippen LogP contribution is -2.56. The summed E-state index contributed by atoms with van der Waals surface area (Å²) in [7, 11) is 0. The average Bonchev–Trinajstić information content (AvgIpc) is 3.68. The van der Waals surface area contributed by atoms with E-state index < -0.39 is 29.6 Å². The van der Waals surface area contributed by atoms with Gasteiger partial charge in [-0.1, -0.05) is 85.7 Å². The molecule has 1 spiro atoms. The average molecular weight is 600 g/mol. The summed E-state index contributed by atoms with van der Waals surface area (Å²) in [5.74, 6) is -1.83. The molecular weight excluding hydrogens is 554 g/mol. The maximum Gasteiger partial charge on any atom is 0.248 e. The normalized spacial score (nSPS) is 25.1. The Hall–Kier alpha value is -3.75. The van der Waals surface area contributed by atoms with E-state index in [1.807, 2.05) is 60.7 Å². The first-order valence-corrected chi connectivity index (χ1v) is 15.9. The molecule has 0 aliphatic carbocycles. The molecule has 3 heterocycles. The molecule has 2 bridgehead atoms. The molecule has 0 aromatic heterocycles. The highest BCUT2D eigenvalue weighted by Crippen LogP contribution is 2.59. The van der Waals surface area contributed by atoms with Crippen LogP contribution in [0.5, 0.6) is 0 Å². The molecule has 3 fully saturated rings. The minimum atomic E-state index is -1.05. The van der Waals surface area contributed by atoms with Crippen LogP contribution in [0, 0.1) is 11.8 Å². The molecule has 5 atom stereocenters. The molecule has 8 heteroatoms. The van der Waals surface area contributed by atoms with Gasteiger partial charge in [0.2, 0.25) is 17.7 Å². The fourth-order valence-corrected chi connectivity index (χ4v) is 7.47. The Labute approximate surface area is 261 Å². The van der Waals surface area contributed by atoms with Crippen LogP contribution in [0.2, 0.25) is 0 Å². The molecule has 44 heavy (non-hydrogen) atoms. The van der Waals surface area contributed by atoms with Crippen molar-refractivity contribution in [3.63, 3.8) is 0 Å². The Balaban J connectivity index is 1.46. The summed E-state index contributed by atoms with van der Waals surface area (Å²) in [5, 5.41) is 9.22. The number of ether oxygens (including phenoxy) is 1. The number of likely N-dealkylation sites (tertiary alicyclic amines) is 1. The van der Waals surface area contributed by atoms with Crippen LogP contribution >= 0.6 is 0 Å². The lowest BCUT2D eigenvalue weighted by molar-refractivity contribution is -0.149. The highest BCUT2D eigenvalue weighted by Gasteiger charge is 2.74. The SMILES string of the molecule is C=CCN(Cc1ccccc1)C(=O)C1N(CCCCCCO)C(=O)[C@@H]2[C@@H](C(=O)N(CC=C)Cc3ccccc3)[C@H]3CCC12O3. The van der Waals surface area contributed by atoms with Crippen molar-refractivity contribution in [1.29, 1.82) is 0 Å². The summed E-state index contributed by atoms with van der Waals surface area (Å²) in [5.41, 5.74) is 0.938. The molecule has 2 aromatic rings.